The topological polar surface area (TPSA) is 77.5 Å². The van der Waals surface area contributed by atoms with Crippen LogP contribution in [-0.2, 0) is 20.0 Å². The maximum Gasteiger partial charge on any atom is 0.450 e. The van der Waals surface area contributed by atoms with E-state index in [0.717, 1.165) is 12.1 Å². The van der Waals surface area contributed by atoms with Gasteiger partial charge >= 0.3 is 26.5 Å². The Morgan fingerprint density at radius 1 is 0.900 bits per heavy atom. The van der Waals surface area contributed by atoms with Crippen molar-refractivity contribution >= 4 is 36.8 Å². The molecule has 0 bridgehead atoms. The summed E-state index contributed by atoms with van der Waals surface area (Å²) < 4.78 is 133. The fraction of sp³-hybridized carbons (Fsp3) is 0.294. The van der Waals surface area contributed by atoms with Crippen molar-refractivity contribution in [3.05, 3.63) is 48.5 Å². The van der Waals surface area contributed by atoms with Crippen LogP contribution in [0.1, 0.15) is 12.5 Å². The Bertz CT molecular complexity index is 1190. The molecule has 5 nitrogen and oxygen atoms in total. The molecule has 0 aliphatic carbocycles. The van der Waals surface area contributed by atoms with Gasteiger partial charge in [0.25, 0.3) is 0 Å². The quantitative estimate of drug-likeness (QED) is 0.416. The fourth-order valence-electron chi connectivity index (χ4n) is 2.30. The third-order valence-corrected chi connectivity index (χ3v) is 7.19. The Kier molecular flexibility index (Phi) is 5.96. The maximum absolute atomic E-state index is 14.0. The number of hydrogen-bond donors (Lipinski definition) is 0. The third-order valence-electron chi connectivity index (χ3n) is 4.09. The van der Waals surface area contributed by atoms with E-state index in [1.807, 2.05) is 0 Å². The van der Waals surface area contributed by atoms with E-state index in [4.69, 9.17) is 0 Å². The van der Waals surface area contributed by atoms with Crippen LogP contribution in [-0.4, -0.2) is 39.0 Å². The van der Waals surface area contributed by atoms with Crippen LogP contribution >= 0.6 is 0 Å². The van der Waals surface area contributed by atoms with Crippen LogP contribution in [0.4, 0.5) is 26.3 Å². The second-order valence-electron chi connectivity index (χ2n) is 6.02. The van der Waals surface area contributed by atoms with E-state index >= 15 is 0 Å². The molecule has 0 N–H and O–H groups in total. The molecule has 0 aliphatic heterocycles. The van der Waals surface area contributed by atoms with Crippen molar-refractivity contribution in [3.63, 3.8) is 0 Å². The highest BCUT2D eigenvalue weighted by Crippen LogP contribution is 2.51. The first kappa shape index (κ1) is 24.0. The van der Waals surface area contributed by atoms with Gasteiger partial charge in [-0.1, -0.05) is 37.8 Å². The zero-order chi connectivity index (χ0) is 23.2. The van der Waals surface area contributed by atoms with Crippen molar-refractivity contribution < 1.29 is 47.4 Å². The molecule has 13 heteroatoms. The van der Waals surface area contributed by atoms with Gasteiger partial charge in [0.15, 0.2) is 0 Å². The van der Waals surface area contributed by atoms with Crippen molar-refractivity contribution in [1.82, 2.24) is 0 Å². The normalized spacial score (nSPS) is 14.0. The molecule has 0 saturated heterocycles. The van der Waals surface area contributed by atoms with Crippen LogP contribution in [0.5, 0.6) is 5.75 Å². The van der Waals surface area contributed by atoms with Crippen molar-refractivity contribution in [3.8, 4) is 5.75 Å². The van der Waals surface area contributed by atoms with E-state index < -0.39 is 47.9 Å². The predicted octanol–water partition coefficient (Wildman–Crippen LogP) is 4.45. The van der Waals surface area contributed by atoms with Crippen molar-refractivity contribution in [2.24, 2.45) is 0 Å². The van der Waals surface area contributed by atoms with Gasteiger partial charge in [0.1, 0.15) is 5.75 Å². The van der Waals surface area contributed by atoms with Gasteiger partial charge in [-0.15, -0.1) is 0 Å². The SMILES string of the molecule is C=Cc1ccc2cc(OS(=O)(=O)C(F)(F)C(F)(F)C(F)(F)S(=O)(=O)CC)ccc2c1. The maximum atomic E-state index is 14.0. The van der Waals surface area contributed by atoms with Gasteiger partial charge in [-0.25, -0.2) is 8.42 Å². The van der Waals surface area contributed by atoms with Crippen molar-refractivity contribution in [2.75, 3.05) is 5.75 Å². The average molecular weight is 476 g/mol. The Balaban J connectivity index is 2.49. The lowest BCUT2D eigenvalue weighted by atomic mass is 10.1. The van der Waals surface area contributed by atoms with Gasteiger partial charge in [-0.05, 0) is 34.5 Å². The molecule has 0 radical (unpaired) electrons. The molecule has 2 aromatic rings. The highest BCUT2D eigenvalue weighted by Gasteiger charge is 2.82. The van der Waals surface area contributed by atoms with E-state index in [9.17, 15) is 43.2 Å². The Morgan fingerprint density at radius 3 is 1.97 bits per heavy atom. The second-order valence-corrected chi connectivity index (χ2v) is 9.93. The number of rotatable bonds is 8. The molecule has 0 heterocycles. The molecular formula is C17H14F6O5S2. The first-order valence-corrected chi connectivity index (χ1v) is 11.1. The van der Waals surface area contributed by atoms with Crippen LogP contribution in [0.25, 0.3) is 16.8 Å². The van der Waals surface area contributed by atoms with Crippen molar-refractivity contribution in [2.45, 2.75) is 23.4 Å². The van der Waals surface area contributed by atoms with Gasteiger partial charge in [0.2, 0.25) is 9.84 Å². The highest BCUT2D eigenvalue weighted by molar-refractivity contribution is 7.92. The van der Waals surface area contributed by atoms with Gasteiger partial charge in [-0.3, -0.25) is 0 Å². The van der Waals surface area contributed by atoms with E-state index in [-0.39, 0.29) is 5.39 Å². The third kappa shape index (κ3) is 3.64. The second kappa shape index (κ2) is 7.45. The minimum Gasteiger partial charge on any atom is -0.378 e. The van der Waals surface area contributed by atoms with Gasteiger partial charge in [0.05, 0.1) is 5.75 Å². The number of halogens is 6. The molecule has 2 aromatic carbocycles. The van der Waals surface area contributed by atoms with Crippen LogP contribution in [0.15, 0.2) is 43.0 Å². The number of benzene rings is 2. The first-order chi connectivity index (χ1) is 13.5. The minimum atomic E-state index is -6.82. The molecule has 30 heavy (non-hydrogen) atoms. The van der Waals surface area contributed by atoms with Crippen LogP contribution < -0.4 is 4.18 Å². The van der Waals surface area contributed by atoms with Crippen LogP contribution in [0, 0.1) is 0 Å². The van der Waals surface area contributed by atoms with Gasteiger partial charge < -0.3 is 4.18 Å². The summed E-state index contributed by atoms with van der Waals surface area (Å²) in [6.45, 7) is 4.04. The average Bonchev–Trinajstić information content (AvgIpc) is 2.66. The van der Waals surface area contributed by atoms with Crippen molar-refractivity contribution in [1.29, 1.82) is 0 Å². The summed E-state index contributed by atoms with van der Waals surface area (Å²) in [6, 6.07) is 7.46. The summed E-state index contributed by atoms with van der Waals surface area (Å²) in [4.78, 5) is 0. The van der Waals surface area contributed by atoms with E-state index in [1.165, 1.54) is 24.3 Å². The van der Waals surface area contributed by atoms with Crippen LogP contribution in [0.3, 0.4) is 0 Å². The zero-order valence-electron chi connectivity index (χ0n) is 15.1. The van der Waals surface area contributed by atoms with E-state index in [2.05, 4.69) is 10.8 Å². The number of sulfone groups is 1. The summed E-state index contributed by atoms with van der Waals surface area (Å²) in [6.07, 6.45) is 1.49. The lowest BCUT2D eigenvalue weighted by molar-refractivity contribution is -0.245. The molecule has 0 unspecified atom stereocenters. The molecular weight excluding hydrogens is 462 g/mol. The molecule has 0 saturated carbocycles. The number of fused-ring (bicyclic) bond motifs is 1. The molecule has 0 fully saturated rings. The molecule has 0 spiro atoms. The molecule has 0 amide bonds. The minimum absolute atomic E-state index is 0.252. The molecule has 0 aliphatic rings. The van der Waals surface area contributed by atoms with Crippen LogP contribution in [0.2, 0.25) is 0 Å². The molecule has 0 atom stereocenters. The molecule has 2 rings (SSSR count). The molecule has 166 valence electrons. The highest BCUT2D eigenvalue weighted by atomic mass is 32.2. The first-order valence-electron chi connectivity index (χ1n) is 8.00. The lowest BCUT2D eigenvalue weighted by Gasteiger charge is -2.31. The van der Waals surface area contributed by atoms with E-state index in [1.54, 1.807) is 6.07 Å². The Hall–Kier alpha value is -2.28. The van der Waals surface area contributed by atoms with Gasteiger partial charge in [0, 0.05) is 0 Å². The number of alkyl halides is 6. The predicted molar refractivity (Wildman–Crippen MR) is 97.9 cm³/mol. The van der Waals surface area contributed by atoms with Gasteiger partial charge in [-0.2, -0.15) is 34.8 Å². The summed E-state index contributed by atoms with van der Waals surface area (Å²) in [5, 5.41) is -12.2. The summed E-state index contributed by atoms with van der Waals surface area (Å²) in [5.74, 6) is -9.32. The summed E-state index contributed by atoms with van der Waals surface area (Å²) >= 11 is 0. The Labute approximate surface area is 168 Å². The Morgan fingerprint density at radius 2 is 1.43 bits per heavy atom. The molecule has 0 aromatic heterocycles. The monoisotopic (exact) mass is 476 g/mol. The zero-order valence-corrected chi connectivity index (χ0v) is 16.7. The largest absolute Gasteiger partial charge is 0.450 e. The fourth-order valence-corrected chi connectivity index (χ4v) is 4.15. The smallest absolute Gasteiger partial charge is 0.378 e. The summed E-state index contributed by atoms with van der Waals surface area (Å²) in [7, 11) is -12.8. The lowest BCUT2D eigenvalue weighted by Crippen LogP contribution is -2.61. The standard InChI is InChI=1S/C17H14F6O5S2/c1-3-11-5-6-13-10-14(8-7-12(13)9-11)28-30(26,27)17(22,23)15(18,19)16(20,21)29(24,25)4-2/h3,5-10H,1,4H2,2H3. The van der Waals surface area contributed by atoms with E-state index in [0.29, 0.717) is 17.9 Å². The number of hydrogen-bond acceptors (Lipinski definition) is 5. The summed E-state index contributed by atoms with van der Waals surface area (Å²) in [5.41, 5.74) is 0.661.